The van der Waals surface area contributed by atoms with Crippen LogP contribution in [-0.2, 0) is 0 Å². The molecule has 0 unspecified atom stereocenters. The first-order chi connectivity index (χ1) is 8.79. The van der Waals surface area contributed by atoms with Gasteiger partial charge in [-0.25, -0.2) is 4.79 Å². The predicted octanol–water partition coefficient (Wildman–Crippen LogP) is 2.94. The topological polar surface area (TPSA) is 58.4 Å². The van der Waals surface area contributed by atoms with Crippen LogP contribution in [-0.4, -0.2) is 28.2 Å². The van der Waals surface area contributed by atoms with Gasteiger partial charge in [-0.15, -0.1) is 0 Å². The van der Waals surface area contributed by atoms with Crippen LogP contribution in [0.5, 0.6) is 0 Å². The zero-order valence-corrected chi connectivity index (χ0v) is 12.4. The minimum absolute atomic E-state index is 0.00463. The normalized spacial score (nSPS) is 19.8. The molecule has 0 radical (unpaired) electrons. The number of amides is 2. The molecule has 19 heavy (non-hydrogen) atoms. The van der Waals surface area contributed by atoms with Gasteiger partial charge in [-0.05, 0) is 47.5 Å². The van der Waals surface area contributed by atoms with E-state index in [1.54, 1.807) is 0 Å². The molecule has 2 heterocycles. The fourth-order valence-electron chi connectivity index (χ4n) is 2.67. The van der Waals surface area contributed by atoms with Gasteiger partial charge < -0.3 is 14.7 Å². The number of rotatable bonds is 1. The van der Waals surface area contributed by atoms with Gasteiger partial charge in [0.1, 0.15) is 5.76 Å². The maximum atomic E-state index is 12.4. The number of carbonyl (C=O) groups is 1. The lowest BCUT2D eigenvalue weighted by Crippen LogP contribution is -2.48. The highest BCUT2D eigenvalue weighted by Crippen LogP contribution is 2.35. The summed E-state index contributed by atoms with van der Waals surface area (Å²) in [4.78, 5) is 14.3. The molecule has 1 aromatic heterocycles. The van der Waals surface area contributed by atoms with Crippen molar-refractivity contribution in [1.82, 2.24) is 15.4 Å². The van der Waals surface area contributed by atoms with Crippen molar-refractivity contribution in [3.63, 3.8) is 0 Å². The molecular formula is C14H23N3O2. The van der Waals surface area contributed by atoms with Crippen LogP contribution in [0.25, 0.3) is 0 Å². The monoisotopic (exact) mass is 265 g/mol. The first-order valence-corrected chi connectivity index (χ1v) is 6.81. The van der Waals surface area contributed by atoms with Crippen LogP contribution in [0.15, 0.2) is 4.52 Å². The van der Waals surface area contributed by atoms with Gasteiger partial charge in [0.2, 0.25) is 0 Å². The number of carbonyl (C=O) groups excluding carboxylic acids is 1. The third-order valence-electron chi connectivity index (χ3n) is 3.42. The van der Waals surface area contributed by atoms with Crippen LogP contribution >= 0.6 is 0 Å². The molecule has 0 spiro atoms. The largest absolute Gasteiger partial charge is 0.361 e. The predicted molar refractivity (Wildman–Crippen MR) is 72.9 cm³/mol. The van der Waals surface area contributed by atoms with Crippen molar-refractivity contribution < 1.29 is 9.32 Å². The summed E-state index contributed by atoms with van der Waals surface area (Å²) in [5, 5.41) is 7.02. The van der Waals surface area contributed by atoms with E-state index in [0.29, 0.717) is 0 Å². The Balaban J connectivity index is 2.20. The molecule has 106 valence electrons. The van der Waals surface area contributed by atoms with Gasteiger partial charge in [-0.1, -0.05) is 5.16 Å². The van der Waals surface area contributed by atoms with Crippen molar-refractivity contribution in [2.75, 3.05) is 6.54 Å². The fourth-order valence-corrected chi connectivity index (χ4v) is 2.67. The third-order valence-corrected chi connectivity index (χ3v) is 3.42. The highest BCUT2D eigenvalue weighted by molar-refractivity contribution is 5.76. The van der Waals surface area contributed by atoms with Gasteiger partial charge in [0.05, 0.1) is 11.7 Å². The summed E-state index contributed by atoms with van der Waals surface area (Å²) in [5.41, 5.74) is 1.74. The molecular weight excluding hydrogens is 242 g/mol. The van der Waals surface area contributed by atoms with Crippen molar-refractivity contribution in [3.8, 4) is 0 Å². The number of nitrogens with zero attached hydrogens (tertiary/aromatic N) is 2. The number of likely N-dealkylation sites (tertiary alicyclic amines) is 1. The van der Waals surface area contributed by atoms with Crippen LogP contribution in [0.2, 0.25) is 0 Å². The lowest BCUT2D eigenvalue weighted by molar-refractivity contribution is 0.183. The van der Waals surface area contributed by atoms with Gasteiger partial charge in [0.15, 0.2) is 0 Å². The summed E-state index contributed by atoms with van der Waals surface area (Å²) in [7, 11) is 0. The van der Waals surface area contributed by atoms with Gasteiger partial charge in [-0.2, -0.15) is 0 Å². The molecule has 1 atom stereocenters. The maximum absolute atomic E-state index is 12.4. The Morgan fingerprint density at radius 1 is 1.42 bits per heavy atom. The molecule has 1 aliphatic rings. The molecule has 0 saturated carbocycles. The molecule has 0 aromatic carbocycles. The molecule has 1 N–H and O–H groups in total. The first kappa shape index (κ1) is 13.9. The first-order valence-electron chi connectivity index (χ1n) is 6.81. The summed E-state index contributed by atoms with van der Waals surface area (Å²) in [6.07, 6.45) is 1.99. The Morgan fingerprint density at radius 3 is 2.63 bits per heavy atom. The lowest BCUT2D eigenvalue weighted by atomic mass is 10.0. The van der Waals surface area contributed by atoms with Gasteiger partial charge in [-0.3, -0.25) is 0 Å². The van der Waals surface area contributed by atoms with Crippen LogP contribution in [0, 0.1) is 13.8 Å². The Bertz CT molecular complexity index is 454. The van der Waals surface area contributed by atoms with E-state index in [2.05, 4.69) is 10.5 Å². The summed E-state index contributed by atoms with van der Waals surface area (Å²) < 4.78 is 5.23. The van der Waals surface area contributed by atoms with Crippen molar-refractivity contribution >= 4 is 6.03 Å². The van der Waals surface area contributed by atoms with Crippen molar-refractivity contribution in [2.45, 2.75) is 59.0 Å². The Morgan fingerprint density at radius 2 is 2.11 bits per heavy atom. The summed E-state index contributed by atoms with van der Waals surface area (Å²) in [6, 6.07) is 0.0867. The van der Waals surface area contributed by atoms with Crippen molar-refractivity contribution in [2.24, 2.45) is 0 Å². The zero-order chi connectivity index (χ0) is 14.2. The molecule has 2 amide bonds. The van der Waals surface area contributed by atoms with E-state index in [1.165, 1.54) is 0 Å². The summed E-state index contributed by atoms with van der Waals surface area (Å²) in [6.45, 7) is 10.6. The second-order valence-electron chi connectivity index (χ2n) is 6.27. The Labute approximate surface area is 114 Å². The van der Waals surface area contributed by atoms with Crippen LogP contribution in [0.4, 0.5) is 4.79 Å². The number of hydrogen-bond acceptors (Lipinski definition) is 3. The summed E-state index contributed by atoms with van der Waals surface area (Å²) in [5.74, 6) is 0.818. The maximum Gasteiger partial charge on any atom is 0.318 e. The average Bonchev–Trinajstić information content (AvgIpc) is 2.83. The molecule has 2 rings (SSSR count). The van der Waals surface area contributed by atoms with Crippen LogP contribution in [0.1, 0.15) is 56.7 Å². The number of nitrogens with one attached hydrogen (secondary N) is 1. The standard InChI is InChI=1S/C14H23N3O2/c1-9-12(10(2)19-16-9)11-7-6-8-17(11)13(18)15-14(3,4)5/h11H,6-8H2,1-5H3,(H,15,18)/t11-/m0/s1. The van der Waals surface area contributed by atoms with E-state index in [4.69, 9.17) is 4.52 Å². The van der Waals surface area contributed by atoms with E-state index in [-0.39, 0.29) is 17.6 Å². The van der Waals surface area contributed by atoms with Crippen LogP contribution in [0.3, 0.4) is 0 Å². The molecule has 0 aliphatic carbocycles. The van der Waals surface area contributed by atoms with Crippen molar-refractivity contribution in [3.05, 3.63) is 17.0 Å². The van der Waals surface area contributed by atoms with Gasteiger partial charge in [0, 0.05) is 17.6 Å². The number of hydrogen-bond donors (Lipinski definition) is 1. The Hall–Kier alpha value is -1.52. The Kier molecular flexibility index (Phi) is 3.56. The lowest BCUT2D eigenvalue weighted by Gasteiger charge is -2.29. The second-order valence-corrected chi connectivity index (χ2v) is 6.27. The molecule has 1 fully saturated rings. The molecule has 1 saturated heterocycles. The third kappa shape index (κ3) is 2.91. The van der Waals surface area contributed by atoms with Gasteiger partial charge >= 0.3 is 6.03 Å². The van der Waals surface area contributed by atoms with E-state index in [9.17, 15) is 4.79 Å². The summed E-state index contributed by atoms with van der Waals surface area (Å²) >= 11 is 0. The molecule has 1 aromatic rings. The zero-order valence-electron chi connectivity index (χ0n) is 12.4. The molecule has 1 aliphatic heterocycles. The highest BCUT2D eigenvalue weighted by Gasteiger charge is 2.34. The van der Waals surface area contributed by atoms with E-state index in [1.807, 2.05) is 39.5 Å². The number of aryl methyl sites for hydroxylation is 2. The average molecular weight is 265 g/mol. The second kappa shape index (κ2) is 4.87. The molecule has 0 bridgehead atoms. The smallest absolute Gasteiger partial charge is 0.318 e. The van der Waals surface area contributed by atoms with Crippen LogP contribution < -0.4 is 5.32 Å². The highest BCUT2D eigenvalue weighted by atomic mass is 16.5. The van der Waals surface area contributed by atoms with Crippen molar-refractivity contribution in [1.29, 1.82) is 0 Å². The SMILES string of the molecule is Cc1noc(C)c1[C@@H]1CCCN1C(=O)NC(C)(C)C. The number of urea groups is 1. The van der Waals surface area contributed by atoms with E-state index < -0.39 is 0 Å². The van der Waals surface area contributed by atoms with E-state index in [0.717, 1.165) is 36.4 Å². The minimum Gasteiger partial charge on any atom is -0.361 e. The van der Waals surface area contributed by atoms with Gasteiger partial charge in [0.25, 0.3) is 0 Å². The minimum atomic E-state index is -0.219. The number of aromatic nitrogens is 1. The quantitative estimate of drug-likeness (QED) is 0.849. The van der Waals surface area contributed by atoms with E-state index >= 15 is 0 Å². The molecule has 5 nitrogen and oxygen atoms in total. The molecule has 5 heteroatoms. The fraction of sp³-hybridized carbons (Fsp3) is 0.714.